The van der Waals surface area contributed by atoms with Crippen LogP contribution in [0.4, 0.5) is 0 Å². The van der Waals surface area contributed by atoms with E-state index in [1.165, 1.54) is 0 Å². The van der Waals surface area contributed by atoms with Crippen LogP contribution in [0.5, 0.6) is 0 Å². The quantitative estimate of drug-likeness (QED) is 0.798. The monoisotopic (exact) mass is 336 g/mol. The van der Waals surface area contributed by atoms with Gasteiger partial charge in [-0.25, -0.2) is 0 Å². The van der Waals surface area contributed by atoms with Gasteiger partial charge in [-0.1, -0.05) is 12.2 Å². The third-order valence-corrected chi connectivity index (χ3v) is 7.48. The van der Waals surface area contributed by atoms with Crippen molar-refractivity contribution in [3.05, 3.63) is 35.8 Å². The van der Waals surface area contributed by atoms with E-state index in [0.29, 0.717) is 31.5 Å². The second kappa shape index (κ2) is 5.76. The first-order chi connectivity index (χ1) is 11.1. The first-order valence-corrected chi connectivity index (χ1v) is 9.93. The number of aryl methyl sites for hydroxylation is 1. The zero-order chi connectivity index (χ0) is 16.0. The lowest BCUT2D eigenvalue weighted by Gasteiger charge is -2.27. The van der Waals surface area contributed by atoms with Crippen LogP contribution in [0, 0.1) is 18.8 Å². The molecule has 1 aromatic heterocycles. The smallest absolute Gasteiger partial charge is 0.282 e. The van der Waals surface area contributed by atoms with Gasteiger partial charge in [0, 0.05) is 19.6 Å². The summed E-state index contributed by atoms with van der Waals surface area (Å²) in [5, 5.41) is 0. The SMILES string of the molecule is Cc1ccc(C2CCCN2S(=O)(=O)N2CC3CC=CCC3C2)o1. The fourth-order valence-corrected chi connectivity index (χ4v) is 6.19. The van der Waals surface area contributed by atoms with E-state index >= 15 is 0 Å². The molecule has 1 aliphatic carbocycles. The molecule has 5 nitrogen and oxygen atoms in total. The fourth-order valence-electron chi connectivity index (χ4n) is 4.24. The fraction of sp³-hybridized carbons (Fsp3) is 0.647. The molecular formula is C17H24N2O3S. The van der Waals surface area contributed by atoms with E-state index in [-0.39, 0.29) is 6.04 Å². The molecular weight excluding hydrogens is 312 g/mol. The molecule has 0 saturated carbocycles. The minimum absolute atomic E-state index is 0.144. The Morgan fingerprint density at radius 2 is 1.83 bits per heavy atom. The van der Waals surface area contributed by atoms with Gasteiger partial charge in [-0.05, 0) is 56.6 Å². The Kier molecular flexibility index (Phi) is 3.86. The molecule has 3 unspecified atom stereocenters. The number of furan rings is 1. The Bertz CT molecular complexity index is 693. The Morgan fingerprint density at radius 3 is 2.43 bits per heavy atom. The normalized spacial score (nSPS) is 32.5. The summed E-state index contributed by atoms with van der Waals surface area (Å²) in [7, 11) is -3.41. The maximum Gasteiger partial charge on any atom is 0.282 e. The van der Waals surface area contributed by atoms with Crippen LogP contribution < -0.4 is 0 Å². The Balaban J connectivity index is 1.56. The number of allylic oxidation sites excluding steroid dienone is 2. The highest BCUT2D eigenvalue weighted by Crippen LogP contribution is 2.40. The van der Waals surface area contributed by atoms with Crippen molar-refractivity contribution in [3.8, 4) is 0 Å². The molecule has 0 radical (unpaired) electrons. The molecule has 2 fully saturated rings. The summed E-state index contributed by atoms with van der Waals surface area (Å²) in [6, 6.07) is 3.69. The van der Waals surface area contributed by atoms with Gasteiger partial charge in [0.05, 0.1) is 6.04 Å². The second-order valence-electron chi connectivity index (χ2n) is 7.00. The van der Waals surface area contributed by atoms with Crippen LogP contribution in [0.2, 0.25) is 0 Å². The van der Waals surface area contributed by atoms with Crippen LogP contribution >= 0.6 is 0 Å². The minimum Gasteiger partial charge on any atom is -0.465 e. The molecule has 3 heterocycles. The van der Waals surface area contributed by atoms with E-state index in [1.54, 1.807) is 8.61 Å². The molecule has 4 rings (SSSR count). The van der Waals surface area contributed by atoms with Crippen molar-refractivity contribution in [2.24, 2.45) is 11.8 Å². The van der Waals surface area contributed by atoms with Crippen molar-refractivity contribution in [2.45, 2.75) is 38.6 Å². The minimum atomic E-state index is -3.41. The van der Waals surface area contributed by atoms with Crippen LogP contribution in [0.3, 0.4) is 0 Å². The third kappa shape index (κ3) is 2.66. The maximum atomic E-state index is 13.2. The van der Waals surface area contributed by atoms with Gasteiger partial charge in [-0.3, -0.25) is 0 Å². The van der Waals surface area contributed by atoms with E-state index in [2.05, 4.69) is 12.2 Å². The molecule has 126 valence electrons. The van der Waals surface area contributed by atoms with Gasteiger partial charge in [-0.2, -0.15) is 17.0 Å². The Morgan fingerprint density at radius 1 is 1.13 bits per heavy atom. The molecule has 2 aliphatic heterocycles. The van der Waals surface area contributed by atoms with Gasteiger partial charge in [0.2, 0.25) is 0 Å². The first kappa shape index (κ1) is 15.4. The third-order valence-electron chi connectivity index (χ3n) is 5.50. The zero-order valence-corrected chi connectivity index (χ0v) is 14.3. The molecule has 3 atom stereocenters. The molecule has 0 amide bonds. The Labute approximate surface area is 138 Å². The second-order valence-corrected chi connectivity index (χ2v) is 8.89. The summed E-state index contributed by atoms with van der Waals surface area (Å²) < 4.78 is 35.4. The molecule has 0 N–H and O–H groups in total. The lowest BCUT2D eigenvalue weighted by atomic mass is 9.86. The number of hydrogen-bond acceptors (Lipinski definition) is 3. The van der Waals surface area contributed by atoms with Crippen LogP contribution in [-0.2, 0) is 10.2 Å². The van der Waals surface area contributed by atoms with Gasteiger partial charge >= 0.3 is 0 Å². The molecule has 0 aromatic carbocycles. The molecule has 2 saturated heterocycles. The average molecular weight is 336 g/mol. The van der Waals surface area contributed by atoms with E-state index in [0.717, 1.165) is 37.2 Å². The van der Waals surface area contributed by atoms with Crippen LogP contribution in [-0.4, -0.2) is 36.7 Å². The van der Waals surface area contributed by atoms with Crippen molar-refractivity contribution >= 4 is 10.2 Å². The van der Waals surface area contributed by atoms with Crippen LogP contribution in [0.1, 0.15) is 43.2 Å². The lowest BCUT2D eigenvalue weighted by Crippen LogP contribution is -2.42. The van der Waals surface area contributed by atoms with Gasteiger partial charge in [-0.15, -0.1) is 0 Å². The Hall–Kier alpha value is -1.11. The van der Waals surface area contributed by atoms with Crippen molar-refractivity contribution in [1.82, 2.24) is 8.61 Å². The van der Waals surface area contributed by atoms with Gasteiger partial charge in [0.1, 0.15) is 11.5 Å². The van der Waals surface area contributed by atoms with Crippen LogP contribution in [0.15, 0.2) is 28.7 Å². The van der Waals surface area contributed by atoms with Crippen molar-refractivity contribution in [2.75, 3.05) is 19.6 Å². The molecule has 0 spiro atoms. The number of nitrogens with zero attached hydrogens (tertiary/aromatic N) is 2. The number of fused-ring (bicyclic) bond motifs is 1. The predicted molar refractivity (Wildman–Crippen MR) is 88.0 cm³/mol. The summed E-state index contributed by atoms with van der Waals surface area (Å²) in [5.41, 5.74) is 0. The average Bonchev–Trinajstić information content (AvgIpc) is 3.25. The van der Waals surface area contributed by atoms with Crippen molar-refractivity contribution < 1.29 is 12.8 Å². The van der Waals surface area contributed by atoms with E-state index in [1.807, 2.05) is 19.1 Å². The summed E-state index contributed by atoms with van der Waals surface area (Å²) in [6.07, 6.45) is 8.15. The molecule has 6 heteroatoms. The zero-order valence-electron chi connectivity index (χ0n) is 13.5. The first-order valence-electron chi connectivity index (χ1n) is 8.54. The highest BCUT2D eigenvalue weighted by Gasteiger charge is 2.45. The summed E-state index contributed by atoms with van der Waals surface area (Å²) >= 11 is 0. The number of hydrogen-bond donors (Lipinski definition) is 0. The number of rotatable bonds is 3. The molecule has 0 bridgehead atoms. The molecule has 23 heavy (non-hydrogen) atoms. The highest BCUT2D eigenvalue weighted by molar-refractivity contribution is 7.86. The largest absolute Gasteiger partial charge is 0.465 e. The molecule has 1 aromatic rings. The standard InChI is InChI=1S/C17H24N2O3S/c1-13-8-9-17(22-13)16-7-4-10-19(16)23(20,21)18-11-14-5-2-3-6-15(14)12-18/h2-3,8-9,14-16H,4-7,10-12H2,1H3. The molecule has 3 aliphatic rings. The van der Waals surface area contributed by atoms with E-state index in [4.69, 9.17) is 4.42 Å². The van der Waals surface area contributed by atoms with E-state index in [9.17, 15) is 8.42 Å². The van der Waals surface area contributed by atoms with Gasteiger partial charge in [0.15, 0.2) is 0 Å². The van der Waals surface area contributed by atoms with Gasteiger partial charge in [0.25, 0.3) is 10.2 Å². The van der Waals surface area contributed by atoms with Gasteiger partial charge < -0.3 is 4.42 Å². The predicted octanol–water partition coefficient (Wildman–Crippen LogP) is 2.87. The lowest BCUT2D eigenvalue weighted by molar-refractivity contribution is 0.307. The summed E-state index contributed by atoms with van der Waals surface area (Å²) in [5.74, 6) is 2.59. The summed E-state index contributed by atoms with van der Waals surface area (Å²) in [4.78, 5) is 0. The van der Waals surface area contributed by atoms with E-state index < -0.39 is 10.2 Å². The van der Waals surface area contributed by atoms with Crippen molar-refractivity contribution in [3.63, 3.8) is 0 Å². The van der Waals surface area contributed by atoms with Crippen molar-refractivity contribution in [1.29, 1.82) is 0 Å². The maximum absolute atomic E-state index is 13.2. The highest BCUT2D eigenvalue weighted by atomic mass is 32.2. The topological polar surface area (TPSA) is 53.8 Å². The van der Waals surface area contributed by atoms with Crippen LogP contribution in [0.25, 0.3) is 0 Å². The summed E-state index contributed by atoms with van der Waals surface area (Å²) in [6.45, 7) is 3.82.